The van der Waals surface area contributed by atoms with Crippen LogP contribution in [-0.4, -0.2) is 29.3 Å². The number of hydrogen-bond donors (Lipinski definition) is 2. The van der Waals surface area contributed by atoms with E-state index in [1.165, 1.54) is 24.3 Å². The minimum absolute atomic E-state index is 0.0325. The molecule has 0 spiro atoms. The summed E-state index contributed by atoms with van der Waals surface area (Å²) in [6, 6.07) is 13.4. The van der Waals surface area contributed by atoms with Crippen LogP contribution in [0.15, 0.2) is 59.4 Å². The molecule has 0 bridgehead atoms. The van der Waals surface area contributed by atoms with Gasteiger partial charge in [-0.1, -0.05) is 24.3 Å². The van der Waals surface area contributed by atoms with Crippen LogP contribution in [0.4, 0.5) is 13.2 Å². The van der Waals surface area contributed by atoms with Crippen molar-refractivity contribution < 1.29 is 27.4 Å². The van der Waals surface area contributed by atoms with Gasteiger partial charge in [0.25, 0.3) is 11.5 Å². The molecule has 2 aromatic carbocycles. The average molecular weight is 473 g/mol. The van der Waals surface area contributed by atoms with Crippen LogP contribution in [-0.2, 0) is 6.42 Å². The van der Waals surface area contributed by atoms with E-state index in [-0.39, 0.29) is 17.4 Å². The summed E-state index contributed by atoms with van der Waals surface area (Å²) >= 11 is 0. The summed E-state index contributed by atoms with van der Waals surface area (Å²) in [5.41, 5.74) is 1.03. The summed E-state index contributed by atoms with van der Waals surface area (Å²) in [4.78, 5) is 32.0. The largest absolute Gasteiger partial charge is 0.573 e. The number of carbonyl (C=O) groups is 1. The van der Waals surface area contributed by atoms with Gasteiger partial charge in [-0.2, -0.15) is 0 Å². The van der Waals surface area contributed by atoms with Crippen LogP contribution < -0.4 is 20.3 Å². The summed E-state index contributed by atoms with van der Waals surface area (Å²) in [7, 11) is 1.57. The molecule has 1 heterocycles. The zero-order valence-corrected chi connectivity index (χ0v) is 18.2. The van der Waals surface area contributed by atoms with Crippen molar-refractivity contribution in [3.05, 3.63) is 87.6 Å². The van der Waals surface area contributed by atoms with Gasteiger partial charge in [0.15, 0.2) is 0 Å². The van der Waals surface area contributed by atoms with E-state index in [1.54, 1.807) is 19.2 Å². The van der Waals surface area contributed by atoms with E-state index in [4.69, 9.17) is 4.74 Å². The molecule has 10 heteroatoms. The molecule has 0 radical (unpaired) electrons. The highest BCUT2D eigenvalue weighted by Gasteiger charge is 2.35. The van der Waals surface area contributed by atoms with E-state index >= 15 is 0 Å². The van der Waals surface area contributed by atoms with Gasteiger partial charge in [0, 0.05) is 12.5 Å². The quantitative estimate of drug-likeness (QED) is 0.513. The predicted octanol–water partition coefficient (Wildman–Crippen LogP) is 4.15. The van der Waals surface area contributed by atoms with Crippen molar-refractivity contribution in [3.63, 3.8) is 0 Å². The smallest absolute Gasteiger partial charge is 0.497 e. The second kappa shape index (κ2) is 9.58. The Kier molecular flexibility index (Phi) is 6.58. The Morgan fingerprint density at radius 2 is 1.76 bits per heavy atom. The Labute approximate surface area is 192 Å². The van der Waals surface area contributed by atoms with Gasteiger partial charge in [-0.25, -0.2) is 4.98 Å². The highest BCUT2D eigenvalue weighted by atomic mass is 19.4. The van der Waals surface area contributed by atoms with Crippen molar-refractivity contribution in [1.82, 2.24) is 15.3 Å². The van der Waals surface area contributed by atoms with Gasteiger partial charge in [-0.05, 0) is 54.2 Å². The molecule has 1 fully saturated rings. The standard InChI is InChI=1S/C24H22F3N3O4/c1-33-17-8-2-14(3-9-17)12-20-28-19(13-21(31)29-20)23(32)30-22(15-4-5-15)16-6-10-18(11-7-16)34-24(25,26)27/h2-3,6-11,13,15,22H,4-5,12H2,1H3,(H,30,32)(H,28,29,31). The topological polar surface area (TPSA) is 93.3 Å². The van der Waals surface area contributed by atoms with Crippen LogP contribution in [0.2, 0.25) is 0 Å². The molecule has 1 amide bonds. The number of ether oxygens (including phenoxy) is 2. The zero-order valence-electron chi connectivity index (χ0n) is 18.2. The minimum atomic E-state index is -4.78. The molecule has 1 saturated carbocycles. The molecule has 3 aromatic rings. The van der Waals surface area contributed by atoms with Gasteiger partial charge < -0.3 is 19.8 Å². The van der Waals surface area contributed by atoms with Crippen molar-refractivity contribution in [2.45, 2.75) is 31.7 Å². The molecule has 1 aromatic heterocycles. The third kappa shape index (κ3) is 6.15. The van der Waals surface area contributed by atoms with Gasteiger partial charge in [-0.15, -0.1) is 13.2 Å². The van der Waals surface area contributed by atoms with Crippen LogP contribution in [0, 0.1) is 5.92 Å². The first kappa shape index (κ1) is 23.3. The fourth-order valence-electron chi connectivity index (χ4n) is 3.64. The Morgan fingerprint density at radius 1 is 1.12 bits per heavy atom. The summed E-state index contributed by atoms with van der Waals surface area (Å²) in [6.45, 7) is 0. The number of alkyl halides is 3. The zero-order chi connectivity index (χ0) is 24.3. The number of nitrogens with zero attached hydrogens (tertiary/aromatic N) is 1. The number of carbonyl (C=O) groups excluding carboxylic acids is 1. The first-order valence-electron chi connectivity index (χ1n) is 10.6. The van der Waals surface area contributed by atoms with Gasteiger partial charge in [-0.3, -0.25) is 9.59 Å². The first-order chi connectivity index (χ1) is 16.2. The van der Waals surface area contributed by atoms with Gasteiger partial charge >= 0.3 is 6.36 Å². The SMILES string of the molecule is COc1ccc(Cc2nc(C(=O)NC(c3ccc(OC(F)(F)F)cc3)C3CC3)cc(=O)[nH]2)cc1. The Morgan fingerprint density at radius 3 is 2.35 bits per heavy atom. The van der Waals surface area contributed by atoms with Crippen molar-refractivity contribution >= 4 is 5.91 Å². The monoisotopic (exact) mass is 473 g/mol. The molecule has 2 N–H and O–H groups in total. The number of halogens is 3. The normalized spacial score (nSPS) is 14.4. The number of nitrogens with one attached hydrogen (secondary N) is 2. The average Bonchev–Trinajstić information content (AvgIpc) is 3.62. The minimum Gasteiger partial charge on any atom is -0.497 e. The lowest BCUT2D eigenvalue weighted by Gasteiger charge is -2.19. The fourth-order valence-corrected chi connectivity index (χ4v) is 3.64. The summed E-state index contributed by atoms with van der Waals surface area (Å²) in [6.07, 6.45) is -2.72. The Hall–Kier alpha value is -3.82. The molecular formula is C24H22F3N3O4. The van der Waals surface area contributed by atoms with Crippen molar-refractivity contribution in [1.29, 1.82) is 0 Å². The number of aromatic amines is 1. The van der Waals surface area contributed by atoms with E-state index in [0.29, 0.717) is 23.6 Å². The number of rotatable bonds is 8. The lowest BCUT2D eigenvalue weighted by atomic mass is 10.0. The second-order valence-electron chi connectivity index (χ2n) is 8.01. The summed E-state index contributed by atoms with van der Waals surface area (Å²) in [5.74, 6) is 0.312. The molecule has 1 atom stereocenters. The lowest BCUT2D eigenvalue weighted by Crippen LogP contribution is -2.32. The van der Waals surface area contributed by atoms with Crippen LogP contribution in [0.5, 0.6) is 11.5 Å². The third-order valence-electron chi connectivity index (χ3n) is 5.41. The highest BCUT2D eigenvalue weighted by molar-refractivity contribution is 5.92. The molecule has 1 aliphatic carbocycles. The lowest BCUT2D eigenvalue weighted by molar-refractivity contribution is -0.274. The molecule has 1 aliphatic rings. The number of hydrogen-bond acceptors (Lipinski definition) is 5. The number of H-pyrrole nitrogens is 1. The number of amides is 1. The third-order valence-corrected chi connectivity index (χ3v) is 5.41. The van der Waals surface area contributed by atoms with Crippen LogP contribution >= 0.6 is 0 Å². The summed E-state index contributed by atoms with van der Waals surface area (Å²) < 4.78 is 46.3. The van der Waals surface area contributed by atoms with E-state index in [9.17, 15) is 22.8 Å². The number of aromatic nitrogens is 2. The van der Waals surface area contributed by atoms with Crippen molar-refractivity contribution in [3.8, 4) is 11.5 Å². The van der Waals surface area contributed by atoms with E-state index in [2.05, 4.69) is 20.0 Å². The highest BCUT2D eigenvalue weighted by Crippen LogP contribution is 2.41. The molecule has 4 rings (SSSR count). The molecule has 34 heavy (non-hydrogen) atoms. The molecule has 1 unspecified atom stereocenters. The van der Waals surface area contributed by atoms with E-state index in [0.717, 1.165) is 24.5 Å². The Bertz CT molecular complexity index is 1200. The molecule has 0 aliphatic heterocycles. The molecule has 178 valence electrons. The van der Waals surface area contributed by atoms with Gasteiger partial charge in [0.05, 0.1) is 13.2 Å². The fraction of sp³-hybridized carbons (Fsp3) is 0.292. The maximum Gasteiger partial charge on any atom is 0.573 e. The predicted molar refractivity (Wildman–Crippen MR) is 117 cm³/mol. The van der Waals surface area contributed by atoms with Crippen molar-refractivity contribution in [2.75, 3.05) is 7.11 Å². The van der Waals surface area contributed by atoms with Gasteiger partial charge in [0.2, 0.25) is 0 Å². The number of methoxy groups -OCH3 is 1. The second-order valence-corrected chi connectivity index (χ2v) is 8.01. The van der Waals surface area contributed by atoms with E-state index < -0.39 is 23.9 Å². The molecular weight excluding hydrogens is 451 g/mol. The molecule has 0 saturated heterocycles. The van der Waals surface area contributed by atoms with E-state index in [1.807, 2.05) is 12.1 Å². The Balaban J connectivity index is 1.49. The molecule has 7 nitrogen and oxygen atoms in total. The van der Waals surface area contributed by atoms with Crippen LogP contribution in [0.1, 0.15) is 46.3 Å². The maximum atomic E-state index is 12.9. The number of benzene rings is 2. The van der Waals surface area contributed by atoms with Gasteiger partial charge in [0.1, 0.15) is 23.0 Å². The van der Waals surface area contributed by atoms with Crippen LogP contribution in [0.3, 0.4) is 0 Å². The van der Waals surface area contributed by atoms with Crippen LogP contribution in [0.25, 0.3) is 0 Å². The van der Waals surface area contributed by atoms with Crippen molar-refractivity contribution in [2.24, 2.45) is 5.92 Å². The summed E-state index contributed by atoms with van der Waals surface area (Å²) in [5, 5.41) is 2.88. The maximum absolute atomic E-state index is 12.9. The first-order valence-corrected chi connectivity index (χ1v) is 10.6.